The molecule has 3 aromatic carbocycles. The first-order chi connectivity index (χ1) is 16.4. The van der Waals surface area contributed by atoms with Crippen LogP contribution in [0.25, 0.3) is 0 Å². The summed E-state index contributed by atoms with van der Waals surface area (Å²) in [4.78, 5) is 28.4. The Morgan fingerprint density at radius 3 is 2.24 bits per heavy atom. The Labute approximate surface area is 209 Å². The van der Waals surface area contributed by atoms with Gasteiger partial charge in [-0.3, -0.25) is 9.59 Å². The Bertz CT molecular complexity index is 1110. The summed E-state index contributed by atoms with van der Waals surface area (Å²) in [6, 6.07) is 19.8. The van der Waals surface area contributed by atoms with Gasteiger partial charge in [-0.25, -0.2) is 4.39 Å². The first-order valence-electron chi connectivity index (χ1n) is 11.2. The van der Waals surface area contributed by atoms with Crippen molar-refractivity contribution in [3.05, 3.63) is 105 Å². The van der Waals surface area contributed by atoms with Crippen molar-refractivity contribution in [2.75, 3.05) is 6.54 Å². The van der Waals surface area contributed by atoms with Crippen LogP contribution < -0.4 is 5.32 Å². The Morgan fingerprint density at radius 2 is 1.59 bits per heavy atom. The van der Waals surface area contributed by atoms with Gasteiger partial charge in [0.15, 0.2) is 0 Å². The number of carbonyl (C=O) groups is 2. The van der Waals surface area contributed by atoms with Gasteiger partial charge in [0, 0.05) is 19.5 Å². The Hall–Kier alpha value is -2.89. The fourth-order valence-corrected chi connectivity index (χ4v) is 3.95. The third-order valence-electron chi connectivity index (χ3n) is 5.43. The molecule has 4 nitrogen and oxygen atoms in total. The normalized spacial score (nSPS) is 11.6. The molecule has 0 heterocycles. The topological polar surface area (TPSA) is 49.4 Å². The minimum absolute atomic E-state index is 0.0357. The molecule has 3 rings (SSSR count). The summed E-state index contributed by atoms with van der Waals surface area (Å²) in [6.07, 6.45) is 1.17. The van der Waals surface area contributed by atoms with Crippen LogP contribution in [0.3, 0.4) is 0 Å². The quantitative estimate of drug-likeness (QED) is 0.380. The summed E-state index contributed by atoms with van der Waals surface area (Å²) in [6.45, 7) is 2.66. The van der Waals surface area contributed by atoms with E-state index in [2.05, 4.69) is 5.32 Å². The molecule has 7 heteroatoms. The van der Waals surface area contributed by atoms with E-state index in [1.54, 1.807) is 35.2 Å². The largest absolute Gasteiger partial charge is 0.354 e. The van der Waals surface area contributed by atoms with Gasteiger partial charge in [-0.1, -0.05) is 78.7 Å². The molecule has 1 atom stereocenters. The average Bonchev–Trinajstić information content (AvgIpc) is 2.84. The van der Waals surface area contributed by atoms with Gasteiger partial charge in [-0.05, 0) is 47.4 Å². The third-order valence-corrected chi connectivity index (χ3v) is 6.16. The van der Waals surface area contributed by atoms with Crippen LogP contribution in [0.2, 0.25) is 10.0 Å². The van der Waals surface area contributed by atoms with Crippen molar-refractivity contribution in [2.24, 2.45) is 0 Å². The minimum atomic E-state index is -0.739. The molecule has 2 amide bonds. The Kier molecular flexibility index (Phi) is 9.49. The smallest absolute Gasteiger partial charge is 0.243 e. The predicted molar refractivity (Wildman–Crippen MR) is 134 cm³/mol. The van der Waals surface area contributed by atoms with E-state index in [1.165, 1.54) is 12.1 Å². The summed E-state index contributed by atoms with van der Waals surface area (Å²) in [5.41, 5.74) is 2.36. The highest BCUT2D eigenvalue weighted by Gasteiger charge is 2.30. The lowest BCUT2D eigenvalue weighted by Gasteiger charge is -2.32. The van der Waals surface area contributed by atoms with E-state index < -0.39 is 6.04 Å². The Balaban J connectivity index is 1.96. The second kappa shape index (κ2) is 12.5. The van der Waals surface area contributed by atoms with Gasteiger partial charge in [0.25, 0.3) is 0 Å². The van der Waals surface area contributed by atoms with E-state index >= 15 is 0 Å². The molecule has 0 radical (unpaired) electrons. The molecular formula is C27H27Cl2FN2O2. The highest BCUT2D eigenvalue weighted by atomic mass is 35.5. The van der Waals surface area contributed by atoms with Crippen LogP contribution in [-0.2, 0) is 29.0 Å². The summed E-state index contributed by atoms with van der Waals surface area (Å²) in [7, 11) is 0. The van der Waals surface area contributed by atoms with Crippen molar-refractivity contribution in [2.45, 2.75) is 38.8 Å². The molecule has 3 aromatic rings. The lowest BCUT2D eigenvalue weighted by atomic mass is 10.0. The van der Waals surface area contributed by atoms with Crippen molar-refractivity contribution < 1.29 is 14.0 Å². The number of carbonyl (C=O) groups excluding carboxylic acids is 2. The second-order valence-electron chi connectivity index (χ2n) is 8.07. The zero-order valence-electron chi connectivity index (χ0n) is 18.9. The van der Waals surface area contributed by atoms with Gasteiger partial charge in [-0.2, -0.15) is 0 Å². The molecule has 0 saturated carbocycles. The zero-order chi connectivity index (χ0) is 24.5. The van der Waals surface area contributed by atoms with E-state index in [1.807, 2.05) is 37.3 Å². The number of halogens is 3. The molecule has 34 heavy (non-hydrogen) atoms. The molecule has 0 aliphatic carbocycles. The molecule has 0 saturated heterocycles. The lowest BCUT2D eigenvalue weighted by molar-refractivity contribution is -0.140. The Morgan fingerprint density at radius 1 is 0.912 bits per heavy atom. The van der Waals surface area contributed by atoms with E-state index in [4.69, 9.17) is 23.2 Å². The number of nitrogens with zero attached hydrogens (tertiary/aromatic N) is 1. The molecule has 0 aromatic heterocycles. The maximum Gasteiger partial charge on any atom is 0.243 e. The van der Waals surface area contributed by atoms with Gasteiger partial charge >= 0.3 is 0 Å². The number of amides is 2. The molecule has 0 bridgehead atoms. The molecule has 0 fully saturated rings. The van der Waals surface area contributed by atoms with Crippen molar-refractivity contribution in [1.29, 1.82) is 0 Å². The molecular weight excluding hydrogens is 474 g/mol. The number of benzene rings is 3. The SMILES string of the molecule is CCCNC(=O)C(Cc1ccccc1)N(Cc1ccc(Cl)c(Cl)c1)C(=O)Cc1ccc(F)cc1. The van der Waals surface area contributed by atoms with E-state index in [0.29, 0.717) is 28.6 Å². The van der Waals surface area contributed by atoms with Crippen molar-refractivity contribution in [3.63, 3.8) is 0 Å². The second-order valence-corrected chi connectivity index (χ2v) is 8.88. The van der Waals surface area contributed by atoms with Gasteiger partial charge in [0.1, 0.15) is 11.9 Å². The molecule has 0 aliphatic rings. The third kappa shape index (κ3) is 7.31. The van der Waals surface area contributed by atoms with Gasteiger partial charge in [-0.15, -0.1) is 0 Å². The van der Waals surface area contributed by atoms with Gasteiger partial charge in [0.2, 0.25) is 11.8 Å². The number of nitrogens with one attached hydrogen (secondary N) is 1. The van der Waals surface area contributed by atoms with E-state index in [-0.39, 0.29) is 30.6 Å². The fourth-order valence-electron chi connectivity index (χ4n) is 3.63. The summed E-state index contributed by atoms with van der Waals surface area (Å²) >= 11 is 12.3. The van der Waals surface area contributed by atoms with Gasteiger partial charge in [0.05, 0.1) is 16.5 Å². The molecule has 178 valence electrons. The molecule has 1 N–H and O–H groups in total. The molecule has 0 aliphatic heterocycles. The van der Waals surface area contributed by atoms with E-state index in [0.717, 1.165) is 17.5 Å². The minimum Gasteiger partial charge on any atom is -0.354 e. The first kappa shape index (κ1) is 25.7. The summed E-state index contributed by atoms with van der Waals surface area (Å²) in [5, 5.41) is 3.72. The standard InChI is InChI=1S/C27H27Cl2FN2O2/c1-2-14-31-27(34)25(16-19-6-4-3-5-7-19)32(18-21-10-13-23(28)24(29)15-21)26(33)17-20-8-11-22(30)12-9-20/h3-13,15,25H,2,14,16-18H2,1H3,(H,31,34). The number of rotatable bonds is 10. The molecule has 1 unspecified atom stereocenters. The van der Waals surface area contributed by atoms with Crippen LogP contribution in [0.15, 0.2) is 72.8 Å². The van der Waals surface area contributed by atoms with Crippen LogP contribution in [0, 0.1) is 5.82 Å². The predicted octanol–water partition coefficient (Wildman–Crippen LogP) is 5.84. The van der Waals surface area contributed by atoms with Crippen LogP contribution >= 0.6 is 23.2 Å². The lowest BCUT2D eigenvalue weighted by Crippen LogP contribution is -2.51. The maximum atomic E-state index is 13.6. The summed E-state index contributed by atoms with van der Waals surface area (Å²) < 4.78 is 13.4. The van der Waals surface area contributed by atoms with E-state index in [9.17, 15) is 14.0 Å². The van der Waals surface area contributed by atoms with Crippen molar-refractivity contribution in [1.82, 2.24) is 10.2 Å². The van der Waals surface area contributed by atoms with Crippen molar-refractivity contribution in [3.8, 4) is 0 Å². The zero-order valence-corrected chi connectivity index (χ0v) is 20.5. The highest BCUT2D eigenvalue weighted by Crippen LogP contribution is 2.24. The number of hydrogen-bond acceptors (Lipinski definition) is 2. The first-order valence-corrected chi connectivity index (χ1v) is 11.9. The van der Waals surface area contributed by atoms with Crippen LogP contribution in [0.4, 0.5) is 4.39 Å². The van der Waals surface area contributed by atoms with Gasteiger partial charge < -0.3 is 10.2 Å². The monoisotopic (exact) mass is 500 g/mol. The maximum absolute atomic E-state index is 13.6. The van der Waals surface area contributed by atoms with Crippen LogP contribution in [0.5, 0.6) is 0 Å². The fraction of sp³-hybridized carbons (Fsp3) is 0.259. The van der Waals surface area contributed by atoms with Crippen molar-refractivity contribution >= 4 is 35.0 Å². The highest BCUT2D eigenvalue weighted by molar-refractivity contribution is 6.42. The molecule has 0 spiro atoms. The van der Waals surface area contributed by atoms with Crippen LogP contribution in [-0.4, -0.2) is 29.3 Å². The van der Waals surface area contributed by atoms with Crippen LogP contribution in [0.1, 0.15) is 30.0 Å². The average molecular weight is 501 g/mol. The summed E-state index contributed by atoms with van der Waals surface area (Å²) in [5.74, 6) is -0.840. The number of hydrogen-bond donors (Lipinski definition) is 1.